The van der Waals surface area contributed by atoms with E-state index in [0.29, 0.717) is 22.9 Å². The third kappa shape index (κ3) is 3.37. The average Bonchev–Trinajstić information content (AvgIpc) is 3.11. The zero-order valence-corrected chi connectivity index (χ0v) is 14.8. The van der Waals surface area contributed by atoms with Crippen molar-refractivity contribution in [2.75, 3.05) is 14.2 Å². The van der Waals surface area contributed by atoms with Crippen LogP contribution >= 0.6 is 0 Å². The Balaban J connectivity index is 2.06. The molecule has 0 bridgehead atoms. The van der Waals surface area contributed by atoms with Gasteiger partial charge in [0.1, 0.15) is 11.9 Å². The van der Waals surface area contributed by atoms with Crippen molar-refractivity contribution < 1.29 is 14.3 Å². The molecule has 0 spiro atoms. The summed E-state index contributed by atoms with van der Waals surface area (Å²) in [7, 11) is 5.02. The van der Waals surface area contributed by atoms with Crippen LogP contribution in [0.2, 0.25) is 0 Å². The van der Waals surface area contributed by atoms with Crippen LogP contribution in [0.3, 0.4) is 0 Å². The summed E-state index contributed by atoms with van der Waals surface area (Å²) in [6, 6.07) is 8.44. The van der Waals surface area contributed by atoms with Crippen molar-refractivity contribution in [2.45, 2.75) is 6.04 Å². The number of carbonyl (C=O) groups is 1. The molecule has 1 N–H and O–H groups in total. The molecule has 0 saturated heterocycles. The van der Waals surface area contributed by atoms with Crippen LogP contribution in [0.15, 0.2) is 55.1 Å². The molecule has 0 aliphatic carbocycles. The van der Waals surface area contributed by atoms with Gasteiger partial charge < -0.3 is 19.4 Å². The monoisotopic (exact) mass is 352 g/mol. The summed E-state index contributed by atoms with van der Waals surface area (Å²) in [5.74, 6) is 1.55. The van der Waals surface area contributed by atoms with Gasteiger partial charge >= 0.3 is 0 Å². The number of pyridine rings is 1. The number of para-hydroxylation sites is 1. The second kappa shape index (κ2) is 7.69. The highest BCUT2D eigenvalue weighted by Crippen LogP contribution is 2.36. The van der Waals surface area contributed by atoms with Gasteiger partial charge in [0.25, 0.3) is 5.91 Å². The smallest absolute Gasteiger partial charge is 0.253 e. The highest BCUT2D eigenvalue weighted by Gasteiger charge is 2.26. The first-order chi connectivity index (χ1) is 12.7. The number of carbonyl (C=O) groups excluding carboxylic acids is 1. The van der Waals surface area contributed by atoms with Crippen LogP contribution in [-0.4, -0.2) is 34.7 Å². The van der Waals surface area contributed by atoms with Gasteiger partial charge in [-0.25, -0.2) is 4.98 Å². The Hall–Kier alpha value is -3.35. The second-order valence-corrected chi connectivity index (χ2v) is 5.63. The summed E-state index contributed by atoms with van der Waals surface area (Å²) in [5, 5.41) is 3.02. The maximum Gasteiger partial charge on any atom is 0.253 e. The van der Waals surface area contributed by atoms with Crippen molar-refractivity contribution >= 4 is 5.91 Å². The van der Waals surface area contributed by atoms with E-state index >= 15 is 0 Å². The van der Waals surface area contributed by atoms with Gasteiger partial charge in [-0.05, 0) is 18.2 Å². The van der Waals surface area contributed by atoms with Crippen molar-refractivity contribution in [1.82, 2.24) is 19.9 Å². The van der Waals surface area contributed by atoms with Gasteiger partial charge in [0.2, 0.25) is 0 Å². The number of amides is 1. The van der Waals surface area contributed by atoms with E-state index in [1.165, 1.54) is 6.20 Å². The molecule has 0 aliphatic heterocycles. The number of methoxy groups -OCH3 is 2. The molecule has 1 aromatic carbocycles. The van der Waals surface area contributed by atoms with Crippen LogP contribution in [0.1, 0.15) is 27.8 Å². The lowest BCUT2D eigenvalue weighted by Gasteiger charge is -2.22. The number of aromatic nitrogens is 3. The quantitative estimate of drug-likeness (QED) is 0.737. The number of imidazole rings is 1. The third-order valence-corrected chi connectivity index (χ3v) is 4.06. The van der Waals surface area contributed by atoms with E-state index in [-0.39, 0.29) is 5.91 Å². The molecule has 134 valence electrons. The standard InChI is InChI=1S/C19H20N4O3/c1-23-11-10-21-18(23)16(22-19(24)13-6-5-9-20-12-13)14-7-4-8-15(25-2)17(14)26-3/h4-12,16H,1-3H3,(H,22,24)/t16-/m0/s1. The van der Waals surface area contributed by atoms with E-state index in [0.717, 1.165) is 5.56 Å². The molecule has 2 heterocycles. The number of aryl methyl sites for hydroxylation is 1. The molecule has 7 heteroatoms. The van der Waals surface area contributed by atoms with Crippen LogP contribution in [0.4, 0.5) is 0 Å². The zero-order valence-electron chi connectivity index (χ0n) is 14.8. The Kier molecular flexibility index (Phi) is 5.17. The Bertz CT molecular complexity index is 893. The Morgan fingerprint density at radius 2 is 2.00 bits per heavy atom. The summed E-state index contributed by atoms with van der Waals surface area (Å²) in [4.78, 5) is 21.1. The summed E-state index contributed by atoms with van der Waals surface area (Å²) in [5.41, 5.74) is 1.21. The highest BCUT2D eigenvalue weighted by atomic mass is 16.5. The molecular weight excluding hydrogens is 332 g/mol. The first kappa shape index (κ1) is 17.5. The third-order valence-electron chi connectivity index (χ3n) is 4.06. The number of hydrogen-bond acceptors (Lipinski definition) is 5. The lowest BCUT2D eigenvalue weighted by atomic mass is 10.0. The van der Waals surface area contributed by atoms with E-state index in [2.05, 4.69) is 15.3 Å². The lowest BCUT2D eigenvalue weighted by Crippen LogP contribution is -2.31. The van der Waals surface area contributed by atoms with Crippen molar-refractivity contribution in [2.24, 2.45) is 7.05 Å². The second-order valence-electron chi connectivity index (χ2n) is 5.63. The Morgan fingerprint density at radius 3 is 2.62 bits per heavy atom. The minimum absolute atomic E-state index is 0.254. The van der Waals surface area contributed by atoms with Gasteiger partial charge in [0.05, 0.1) is 19.8 Å². The summed E-state index contributed by atoms with van der Waals surface area (Å²) < 4.78 is 12.8. The van der Waals surface area contributed by atoms with Gasteiger partial charge in [-0.3, -0.25) is 9.78 Å². The first-order valence-corrected chi connectivity index (χ1v) is 8.04. The molecule has 0 fully saturated rings. The number of ether oxygens (including phenoxy) is 2. The van der Waals surface area contributed by atoms with Gasteiger partial charge in [-0.1, -0.05) is 12.1 Å². The van der Waals surface area contributed by atoms with Crippen LogP contribution in [0, 0.1) is 0 Å². The van der Waals surface area contributed by atoms with Crippen molar-refractivity contribution in [1.29, 1.82) is 0 Å². The fraction of sp³-hybridized carbons (Fsp3) is 0.211. The van der Waals surface area contributed by atoms with Crippen molar-refractivity contribution in [3.8, 4) is 11.5 Å². The molecule has 3 aromatic rings. The Morgan fingerprint density at radius 1 is 1.15 bits per heavy atom. The minimum Gasteiger partial charge on any atom is -0.493 e. The number of nitrogens with zero attached hydrogens (tertiary/aromatic N) is 3. The van der Waals surface area contributed by atoms with E-state index in [1.807, 2.05) is 29.9 Å². The SMILES string of the molecule is COc1cccc([C@H](NC(=O)c2cccnc2)c2nccn2C)c1OC. The summed E-state index contributed by atoms with van der Waals surface area (Å²) >= 11 is 0. The molecule has 0 saturated carbocycles. The van der Waals surface area contributed by atoms with Crippen LogP contribution in [0.5, 0.6) is 11.5 Å². The van der Waals surface area contributed by atoms with Gasteiger partial charge in [0, 0.05) is 37.4 Å². The van der Waals surface area contributed by atoms with Gasteiger partial charge in [-0.2, -0.15) is 0 Å². The molecule has 1 amide bonds. The topological polar surface area (TPSA) is 78.3 Å². The van der Waals surface area contributed by atoms with Crippen LogP contribution in [-0.2, 0) is 7.05 Å². The largest absolute Gasteiger partial charge is 0.493 e. The zero-order chi connectivity index (χ0) is 18.5. The maximum absolute atomic E-state index is 12.7. The molecule has 26 heavy (non-hydrogen) atoms. The predicted molar refractivity (Wildman–Crippen MR) is 96.3 cm³/mol. The van der Waals surface area contributed by atoms with E-state index in [9.17, 15) is 4.79 Å². The minimum atomic E-state index is -0.521. The number of nitrogens with one attached hydrogen (secondary N) is 1. The molecule has 0 aliphatic rings. The normalized spacial score (nSPS) is 11.7. The van der Waals surface area contributed by atoms with Crippen LogP contribution in [0.25, 0.3) is 0 Å². The fourth-order valence-electron chi connectivity index (χ4n) is 2.79. The molecule has 7 nitrogen and oxygen atoms in total. The average molecular weight is 352 g/mol. The van der Waals surface area contributed by atoms with Crippen molar-refractivity contribution in [3.63, 3.8) is 0 Å². The number of benzene rings is 1. The number of hydrogen-bond donors (Lipinski definition) is 1. The molecule has 0 radical (unpaired) electrons. The van der Waals surface area contributed by atoms with Gasteiger partial charge in [0.15, 0.2) is 11.5 Å². The summed E-state index contributed by atoms with van der Waals surface area (Å²) in [6.45, 7) is 0. The van der Waals surface area contributed by atoms with Crippen molar-refractivity contribution in [3.05, 3.63) is 72.1 Å². The van der Waals surface area contributed by atoms with Gasteiger partial charge in [-0.15, -0.1) is 0 Å². The summed E-state index contributed by atoms with van der Waals surface area (Å²) in [6.07, 6.45) is 6.65. The van der Waals surface area contributed by atoms with E-state index in [4.69, 9.17) is 9.47 Å². The molecule has 0 unspecified atom stereocenters. The van der Waals surface area contributed by atoms with E-state index in [1.54, 1.807) is 44.8 Å². The number of rotatable bonds is 6. The maximum atomic E-state index is 12.7. The highest BCUT2D eigenvalue weighted by molar-refractivity contribution is 5.94. The fourth-order valence-corrected chi connectivity index (χ4v) is 2.79. The van der Waals surface area contributed by atoms with E-state index < -0.39 is 6.04 Å². The van der Waals surface area contributed by atoms with Crippen LogP contribution < -0.4 is 14.8 Å². The lowest BCUT2D eigenvalue weighted by molar-refractivity contribution is 0.0940. The predicted octanol–water partition coefficient (Wildman–Crippen LogP) is 2.35. The Labute approximate surface area is 151 Å². The molecule has 1 atom stereocenters. The molecule has 3 rings (SSSR count). The molecular formula is C19H20N4O3. The first-order valence-electron chi connectivity index (χ1n) is 8.04. The molecule has 2 aromatic heterocycles.